The molecule has 0 aliphatic carbocycles. The number of benzene rings is 2. The molecule has 2 aromatic heterocycles. The smallest absolute Gasteiger partial charge is 0.343 e. The summed E-state index contributed by atoms with van der Waals surface area (Å²) in [5, 5.41) is -0.162. The van der Waals surface area contributed by atoms with Crippen molar-refractivity contribution in [2.75, 3.05) is 27.9 Å². The van der Waals surface area contributed by atoms with E-state index in [4.69, 9.17) is 14.2 Å². The summed E-state index contributed by atoms with van der Waals surface area (Å²) in [6.45, 7) is 3.33. The highest BCUT2D eigenvalue weighted by Gasteiger charge is 2.28. The molecule has 13 heteroatoms. The Balaban J connectivity index is 1.78. The second-order valence-corrected chi connectivity index (χ2v) is 11.5. The van der Waals surface area contributed by atoms with Gasteiger partial charge in [-0.05, 0) is 50.2 Å². The van der Waals surface area contributed by atoms with E-state index in [-0.39, 0.29) is 33.7 Å². The van der Waals surface area contributed by atoms with Crippen LogP contribution in [0.1, 0.15) is 16.8 Å². The molecule has 4 aromatic rings. The Morgan fingerprint density at radius 2 is 1.69 bits per heavy atom. The lowest BCUT2D eigenvalue weighted by Crippen LogP contribution is -2.18. The molecule has 0 radical (unpaired) electrons. The van der Waals surface area contributed by atoms with Gasteiger partial charge in [-0.1, -0.05) is 0 Å². The van der Waals surface area contributed by atoms with Crippen molar-refractivity contribution >= 4 is 37.8 Å². The average Bonchev–Trinajstić information content (AvgIpc) is 3.33. The normalized spacial score (nSPS) is 12.2. The summed E-state index contributed by atoms with van der Waals surface area (Å²) in [4.78, 5) is 20.1. The number of esters is 1. The first-order valence-electron chi connectivity index (χ1n) is 11.6. The van der Waals surface area contributed by atoms with Gasteiger partial charge in [-0.3, -0.25) is 9.19 Å². The van der Waals surface area contributed by atoms with Crippen LogP contribution in [0.25, 0.3) is 11.0 Å². The Morgan fingerprint density at radius 1 is 1.00 bits per heavy atom. The van der Waals surface area contributed by atoms with Crippen LogP contribution in [-0.4, -0.2) is 60.5 Å². The molecule has 0 aliphatic rings. The van der Waals surface area contributed by atoms with Crippen LogP contribution in [-0.2, 0) is 36.1 Å². The largest absolute Gasteiger partial charge is 0.497 e. The zero-order valence-corrected chi connectivity index (χ0v) is 23.6. The molecule has 2 heterocycles. The maximum Gasteiger partial charge on any atom is 0.343 e. The molecule has 0 amide bonds. The van der Waals surface area contributed by atoms with E-state index in [0.717, 1.165) is 9.54 Å². The summed E-state index contributed by atoms with van der Waals surface area (Å²) in [7, 11) is -1.91. The molecule has 0 unspecified atom stereocenters. The van der Waals surface area contributed by atoms with Crippen LogP contribution in [0, 0.1) is 13.8 Å². The van der Waals surface area contributed by atoms with E-state index in [9.17, 15) is 17.4 Å². The number of ether oxygens (including phenoxy) is 4. The van der Waals surface area contributed by atoms with Crippen molar-refractivity contribution in [3.05, 3.63) is 65.5 Å². The monoisotopic (exact) mass is 573 g/mol. The highest BCUT2D eigenvalue weighted by atomic mass is 32.2. The van der Waals surface area contributed by atoms with Crippen molar-refractivity contribution in [3.63, 3.8) is 0 Å². The van der Waals surface area contributed by atoms with E-state index >= 15 is 0 Å². The lowest BCUT2D eigenvalue weighted by atomic mass is 10.1. The minimum Gasteiger partial charge on any atom is -0.497 e. The maximum atomic E-state index is 13.9. The highest BCUT2D eigenvalue weighted by Crippen LogP contribution is 2.30. The van der Waals surface area contributed by atoms with Gasteiger partial charge in [-0.25, -0.2) is 22.2 Å². The number of methoxy groups -OCH3 is 3. The minimum absolute atomic E-state index is 0.0846. The van der Waals surface area contributed by atoms with Crippen LogP contribution < -0.4 is 14.2 Å². The Morgan fingerprint density at radius 3 is 2.33 bits per heavy atom. The molecule has 206 valence electrons. The topological polar surface area (TPSA) is 136 Å². The zero-order valence-electron chi connectivity index (χ0n) is 22.0. The third kappa shape index (κ3) is 5.59. The van der Waals surface area contributed by atoms with Crippen LogP contribution in [0.15, 0.2) is 58.7 Å². The number of carbonyl (C=O) groups is 1. The maximum absolute atomic E-state index is 13.9. The van der Waals surface area contributed by atoms with Crippen molar-refractivity contribution in [2.24, 2.45) is 0 Å². The van der Waals surface area contributed by atoms with Crippen LogP contribution >= 0.6 is 0 Å². The van der Waals surface area contributed by atoms with E-state index in [1.165, 1.54) is 38.5 Å². The van der Waals surface area contributed by atoms with Crippen molar-refractivity contribution in [1.29, 1.82) is 0 Å². The van der Waals surface area contributed by atoms with Crippen LogP contribution in [0.4, 0.5) is 0 Å². The van der Waals surface area contributed by atoms with Gasteiger partial charge in [0.1, 0.15) is 17.2 Å². The average molecular weight is 574 g/mol. The van der Waals surface area contributed by atoms with Crippen LogP contribution in [0.3, 0.4) is 0 Å². The van der Waals surface area contributed by atoms with Gasteiger partial charge in [-0.2, -0.15) is 0 Å². The molecule has 0 saturated carbocycles. The van der Waals surface area contributed by atoms with Crippen LogP contribution in [0.5, 0.6) is 17.2 Å². The lowest BCUT2D eigenvalue weighted by molar-refractivity contribution is -0.142. The zero-order chi connectivity index (χ0) is 28.3. The first-order valence-corrected chi connectivity index (χ1v) is 14.4. The third-order valence-electron chi connectivity index (χ3n) is 5.96. The summed E-state index contributed by atoms with van der Waals surface area (Å²) in [5.74, 6) is 0.708. The summed E-state index contributed by atoms with van der Waals surface area (Å²) >= 11 is 0. The van der Waals surface area contributed by atoms with Gasteiger partial charge >= 0.3 is 5.97 Å². The Bertz CT molecular complexity index is 1670. The molecule has 1 atom stereocenters. The predicted molar refractivity (Wildman–Crippen MR) is 143 cm³/mol. The molecule has 11 nitrogen and oxygen atoms in total. The van der Waals surface area contributed by atoms with E-state index in [1.54, 1.807) is 38.4 Å². The summed E-state index contributed by atoms with van der Waals surface area (Å²) < 4.78 is 63.0. The van der Waals surface area contributed by atoms with Crippen molar-refractivity contribution in [2.45, 2.75) is 29.7 Å². The Kier molecular flexibility index (Phi) is 8.21. The number of aromatic nitrogens is 3. The van der Waals surface area contributed by atoms with Crippen molar-refractivity contribution in [3.8, 4) is 17.2 Å². The molecule has 4 rings (SSSR count). The predicted octanol–water partition coefficient (Wildman–Crippen LogP) is 3.16. The van der Waals surface area contributed by atoms with Crippen molar-refractivity contribution < 1.29 is 36.4 Å². The van der Waals surface area contributed by atoms with Gasteiger partial charge in [0.2, 0.25) is 5.16 Å². The van der Waals surface area contributed by atoms with Gasteiger partial charge in [0, 0.05) is 23.4 Å². The summed E-state index contributed by atoms with van der Waals surface area (Å²) in [5.41, 5.74) is 2.56. The standard InChI is InChI=1S/C26H27N3O8S2/c1-16-13-27-22(17(2)25(16)36-5)15-38(31)26-28-21-12-19(34-3)8-11-23(21)29(26)39(32,33)20-9-6-18(7-10-20)37-14-24(30)35-4/h6-13H,14-15H2,1-5H3/t38-/m0/s1. The molecular formula is C26H27N3O8S2. The number of hydrogen-bond donors (Lipinski definition) is 0. The molecule has 0 N–H and O–H groups in total. The summed E-state index contributed by atoms with van der Waals surface area (Å²) in [6, 6.07) is 10.2. The first kappa shape index (κ1) is 28.0. The molecule has 39 heavy (non-hydrogen) atoms. The SMILES string of the molecule is COC(=O)COc1ccc(S(=O)(=O)n2c([S@@](=O)Cc3ncc(C)c(OC)c3C)nc3cc(OC)ccc32)cc1. The fourth-order valence-electron chi connectivity index (χ4n) is 3.94. The number of nitrogens with zero attached hydrogens (tertiary/aromatic N) is 3. The Hall–Kier alpha value is -3.97. The van der Waals surface area contributed by atoms with Gasteiger partial charge in [-0.15, -0.1) is 0 Å². The number of fused-ring (bicyclic) bond motifs is 1. The van der Waals surface area contributed by atoms with Crippen molar-refractivity contribution in [1.82, 2.24) is 13.9 Å². The number of carbonyl (C=O) groups excluding carboxylic acids is 1. The van der Waals surface area contributed by atoms with E-state index < -0.39 is 26.8 Å². The van der Waals surface area contributed by atoms with Gasteiger partial charge in [0.25, 0.3) is 10.0 Å². The van der Waals surface area contributed by atoms with Gasteiger partial charge in [0.15, 0.2) is 6.61 Å². The summed E-state index contributed by atoms with van der Waals surface area (Å²) in [6.07, 6.45) is 1.62. The lowest BCUT2D eigenvalue weighted by Gasteiger charge is -2.13. The van der Waals surface area contributed by atoms with Gasteiger partial charge < -0.3 is 18.9 Å². The number of pyridine rings is 1. The van der Waals surface area contributed by atoms with Crippen LogP contribution in [0.2, 0.25) is 0 Å². The fraction of sp³-hybridized carbons (Fsp3) is 0.269. The molecule has 0 saturated heterocycles. The molecule has 2 aromatic carbocycles. The molecular weight excluding hydrogens is 546 g/mol. The molecule has 0 fully saturated rings. The van der Waals surface area contributed by atoms with E-state index in [1.807, 2.05) is 6.92 Å². The fourth-order valence-corrected chi connectivity index (χ4v) is 6.98. The molecule has 0 aliphatic heterocycles. The number of imidazole rings is 1. The Labute approximate surface area is 228 Å². The minimum atomic E-state index is -4.26. The van der Waals surface area contributed by atoms with Gasteiger partial charge in [0.05, 0.1) is 59.5 Å². The molecule has 0 bridgehead atoms. The third-order valence-corrected chi connectivity index (χ3v) is 9.01. The highest BCUT2D eigenvalue weighted by molar-refractivity contribution is 7.91. The molecule has 0 spiro atoms. The number of rotatable bonds is 10. The van der Waals surface area contributed by atoms with E-state index in [2.05, 4.69) is 14.7 Å². The number of aryl methyl sites for hydroxylation is 1. The second kappa shape index (κ2) is 11.4. The van der Waals surface area contributed by atoms with E-state index in [0.29, 0.717) is 28.3 Å². The quantitative estimate of drug-likeness (QED) is 0.260. The number of hydrogen-bond acceptors (Lipinski definition) is 10. The second-order valence-electron chi connectivity index (χ2n) is 8.39. The first-order chi connectivity index (χ1) is 18.6.